The van der Waals surface area contributed by atoms with Crippen LogP contribution in [0.1, 0.15) is 25.3 Å². The average molecular weight is 347 g/mol. The van der Waals surface area contributed by atoms with Gasteiger partial charge >= 0.3 is 0 Å². The molecule has 0 bridgehead atoms. The first-order chi connectivity index (χ1) is 12.8. The Morgan fingerprint density at radius 2 is 1.69 bits per heavy atom. The van der Waals surface area contributed by atoms with E-state index in [9.17, 15) is 0 Å². The first kappa shape index (κ1) is 16.9. The molecule has 1 heterocycles. The van der Waals surface area contributed by atoms with Crippen LogP contribution in [0.5, 0.6) is 11.5 Å². The topological polar surface area (TPSA) is 21.7 Å². The van der Waals surface area contributed by atoms with Crippen molar-refractivity contribution in [2.45, 2.75) is 32.6 Å². The highest BCUT2D eigenvalue weighted by atomic mass is 16.5. The molecule has 0 aliphatic carbocycles. The van der Waals surface area contributed by atoms with Gasteiger partial charge in [-0.15, -0.1) is 0 Å². The molecule has 0 aromatic heterocycles. The summed E-state index contributed by atoms with van der Waals surface area (Å²) in [5.41, 5.74) is 1.20. The largest absolute Gasteiger partial charge is 0.489 e. The summed E-state index contributed by atoms with van der Waals surface area (Å²) < 4.78 is 12.1. The molecule has 1 atom stereocenters. The number of nitrogens with zero attached hydrogens (tertiary/aromatic N) is 1. The van der Waals surface area contributed by atoms with Crippen LogP contribution in [0.15, 0.2) is 66.7 Å². The van der Waals surface area contributed by atoms with E-state index in [1.54, 1.807) is 0 Å². The SMILES string of the molecule is CCN1CCCC1Oc1ccc(OCc2cccc3ccccc23)cc1. The Morgan fingerprint density at radius 1 is 0.923 bits per heavy atom. The number of rotatable bonds is 6. The van der Waals surface area contributed by atoms with Crippen molar-refractivity contribution in [3.05, 3.63) is 72.3 Å². The van der Waals surface area contributed by atoms with Crippen molar-refractivity contribution in [2.75, 3.05) is 13.1 Å². The molecule has 4 rings (SSSR count). The van der Waals surface area contributed by atoms with Gasteiger partial charge in [-0.2, -0.15) is 0 Å². The van der Waals surface area contributed by atoms with Crippen LogP contribution in [0.3, 0.4) is 0 Å². The van der Waals surface area contributed by atoms with Crippen LogP contribution < -0.4 is 9.47 Å². The Kier molecular flexibility index (Phi) is 5.07. The zero-order valence-electron chi connectivity index (χ0n) is 15.2. The van der Waals surface area contributed by atoms with E-state index in [2.05, 4.69) is 54.3 Å². The molecule has 1 fully saturated rings. The molecule has 3 heteroatoms. The summed E-state index contributed by atoms with van der Waals surface area (Å²) in [6, 6.07) is 22.7. The molecule has 0 N–H and O–H groups in total. The molecular formula is C23H25NO2. The molecule has 0 radical (unpaired) electrons. The third kappa shape index (κ3) is 3.68. The molecule has 1 aliphatic heterocycles. The lowest BCUT2D eigenvalue weighted by Crippen LogP contribution is -2.33. The van der Waals surface area contributed by atoms with Gasteiger partial charge in [0.15, 0.2) is 6.23 Å². The minimum Gasteiger partial charge on any atom is -0.489 e. The van der Waals surface area contributed by atoms with Gasteiger partial charge < -0.3 is 9.47 Å². The summed E-state index contributed by atoms with van der Waals surface area (Å²) >= 11 is 0. The number of benzene rings is 3. The molecule has 3 aromatic carbocycles. The zero-order valence-corrected chi connectivity index (χ0v) is 15.2. The summed E-state index contributed by atoms with van der Waals surface area (Å²) in [5, 5.41) is 2.49. The Bertz CT molecular complexity index is 854. The molecule has 3 nitrogen and oxygen atoms in total. The Hall–Kier alpha value is -2.52. The molecule has 1 aliphatic rings. The standard InChI is InChI=1S/C23H25NO2/c1-2-24-16-6-11-23(24)26-21-14-12-20(13-15-21)25-17-19-9-5-8-18-7-3-4-10-22(18)19/h3-5,7-10,12-15,23H,2,6,11,16-17H2,1H3. The number of hydrogen-bond acceptors (Lipinski definition) is 3. The Balaban J connectivity index is 1.40. The monoisotopic (exact) mass is 347 g/mol. The summed E-state index contributed by atoms with van der Waals surface area (Å²) in [6.07, 6.45) is 2.53. The summed E-state index contributed by atoms with van der Waals surface area (Å²) in [7, 11) is 0. The van der Waals surface area contributed by atoms with Crippen molar-refractivity contribution < 1.29 is 9.47 Å². The van der Waals surface area contributed by atoms with Crippen LogP contribution in [0, 0.1) is 0 Å². The molecule has 0 saturated carbocycles. The predicted molar refractivity (Wildman–Crippen MR) is 106 cm³/mol. The van der Waals surface area contributed by atoms with E-state index in [0.717, 1.165) is 31.0 Å². The normalized spacial score (nSPS) is 17.5. The highest BCUT2D eigenvalue weighted by molar-refractivity contribution is 5.85. The summed E-state index contributed by atoms with van der Waals surface area (Å²) in [5.74, 6) is 1.77. The second-order valence-corrected chi connectivity index (χ2v) is 6.74. The summed E-state index contributed by atoms with van der Waals surface area (Å²) in [6.45, 7) is 4.92. The van der Waals surface area contributed by atoms with Crippen LogP contribution >= 0.6 is 0 Å². The molecule has 1 saturated heterocycles. The third-order valence-corrected chi connectivity index (χ3v) is 5.08. The highest BCUT2D eigenvalue weighted by Gasteiger charge is 2.24. The van der Waals surface area contributed by atoms with Crippen LogP contribution in [-0.4, -0.2) is 24.2 Å². The van der Waals surface area contributed by atoms with Crippen molar-refractivity contribution in [2.24, 2.45) is 0 Å². The minimum atomic E-state index is 0.211. The minimum absolute atomic E-state index is 0.211. The van der Waals surface area contributed by atoms with E-state index in [0.29, 0.717) is 6.61 Å². The van der Waals surface area contributed by atoms with Crippen molar-refractivity contribution in [1.29, 1.82) is 0 Å². The predicted octanol–water partition coefficient (Wildman–Crippen LogP) is 5.24. The van der Waals surface area contributed by atoms with Gasteiger partial charge in [0.25, 0.3) is 0 Å². The lowest BCUT2D eigenvalue weighted by molar-refractivity contribution is 0.0649. The van der Waals surface area contributed by atoms with Gasteiger partial charge in [0.1, 0.15) is 18.1 Å². The van der Waals surface area contributed by atoms with Crippen LogP contribution in [-0.2, 0) is 6.61 Å². The van der Waals surface area contributed by atoms with Gasteiger partial charge in [-0.05, 0) is 60.0 Å². The van der Waals surface area contributed by atoms with E-state index >= 15 is 0 Å². The Labute approximate surface area is 155 Å². The molecule has 26 heavy (non-hydrogen) atoms. The number of ether oxygens (including phenoxy) is 2. The van der Waals surface area contributed by atoms with Gasteiger partial charge in [-0.3, -0.25) is 4.90 Å². The van der Waals surface area contributed by atoms with E-state index in [1.807, 2.05) is 24.3 Å². The maximum absolute atomic E-state index is 6.12. The molecule has 1 unspecified atom stereocenters. The van der Waals surface area contributed by atoms with Gasteiger partial charge in [0, 0.05) is 6.54 Å². The Morgan fingerprint density at radius 3 is 2.54 bits per heavy atom. The number of hydrogen-bond donors (Lipinski definition) is 0. The zero-order chi connectivity index (χ0) is 17.8. The second-order valence-electron chi connectivity index (χ2n) is 6.74. The highest BCUT2D eigenvalue weighted by Crippen LogP contribution is 2.25. The van der Waals surface area contributed by atoms with Gasteiger partial charge in [-0.1, -0.05) is 49.4 Å². The lowest BCUT2D eigenvalue weighted by atomic mass is 10.1. The number of fused-ring (bicyclic) bond motifs is 1. The van der Waals surface area contributed by atoms with Gasteiger partial charge in [-0.25, -0.2) is 0 Å². The van der Waals surface area contributed by atoms with E-state index in [1.165, 1.54) is 22.8 Å². The molecule has 134 valence electrons. The van der Waals surface area contributed by atoms with Crippen molar-refractivity contribution in [3.63, 3.8) is 0 Å². The van der Waals surface area contributed by atoms with Crippen molar-refractivity contribution >= 4 is 10.8 Å². The smallest absolute Gasteiger partial charge is 0.152 e. The van der Waals surface area contributed by atoms with Crippen LogP contribution in [0.2, 0.25) is 0 Å². The fourth-order valence-corrected chi connectivity index (χ4v) is 3.64. The fraction of sp³-hybridized carbons (Fsp3) is 0.304. The molecule has 0 spiro atoms. The number of likely N-dealkylation sites (tertiary alicyclic amines) is 1. The first-order valence-electron chi connectivity index (χ1n) is 9.43. The van der Waals surface area contributed by atoms with Crippen LogP contribution in [0.4, 0.5) is 0 Å². The second kappa shape index (κ2) is 7.79. The van der Waals surface area contributed by atoms with E-state index in [4.69, 9.17) is 9.47 Å². The first-order valence-corrected chi connectivity index (χ1v) is 9.43. The maximum atomic E-state index is 6.12. The lowest BCUT2D eigenvalue weighted by Gasteiger charge is -2.23. The van der Waals surface area contributed by atoms with Crippen molar-refractivity contribution in [1.82, 2.24) is 4.90 Å². The third-order valence-electron chi connectivity index (χ3n) is 5.08. The van der Waals surface area contributed by atoms with E-state index in [-0.39, 0.29) is 6.23 Å². The maximum Gasteiger partial charge on any atom is 0.152 e. The average Bonchev–Trinajstić information content (AvgIpc) is 3.14. The fourth-order valence-electron chi connectivity index (χ4n) is 3.64. The molecule has 3 aromatic rings. The van der Waals surface area contributed by atoms with Gasteiger partial charge in [0.2, 0.25) is 0 Å². The molecule has 0 amide bonds. The van der Waals surface area contributed by atoms with E-state index < -0.39 is 0 Å². The molecular weight excluding hydrogens is 322 g/mol. The van der Waals surface area contributed by atoms with Crippen molar-refractivity contribution in [3.8, 4) is 11.5 Å². The quantitative estimate of drug-likeness (QED) is 0.609. The summed E-state index contributed by atoms with van der Waals surface area (Å²) in [4.78, 5) is 2.38. The van der Waals surface area contributed by atoms with Crippen LogP contribution in [0.25, 0.3) is 10.8 Å². The van der Waals surface area contributed by atoms with Gasteiger partial charge in [0.05, 0.1) is 0 Å².